The lowest BCUT2D eigenvalue weighted by Gasteiger charge is -2.09. The van der Waals surface area contributed by atoms with Crippen LogP contribution in [0.25, 0.3) is 10.9 Å². The van der Waals surface area contributed by atoms with Crippen molar-refractivity contribution in [1.29, 1.82) is 0 Å². The minimum absolute atomic E-state index is 0.138. The lowest BCUT2D eigenvalue weighted by molar-refractivity contribution is 0.102. The van der Waals surface area contributed by atoms with Gasteiger partial charge in [0.05, 0.1) is 0 Å². The molecule has 20 heavy (non-hydrogen) atoms. The van der Waals surface area contributed by atoms with Crippen LogP contribution in [-0.4, -0.2) is 10.9 Å². The van der Waals surface area contributed by atoms with Crippen molar-refractivity contribution in [1.82, 2.24) is 4.98 Å². The number of carbonyl (C=O) groups excluding carboxylic acids is 1. The van der Waals surface area contributed by atoms with E-state index in [-0.39, 0.29) is 5.91 Å². The third kappa shape index (κ3) is 2.28. The molecule has 0 radical (unpaired) electrons. The molecule has 1 heterocycles. The van der Waals surface area contributed by atoms with Crippen LogP contribution in [0, 0.1) is 6.92 Å². The Labute approximate surface area is 121 Å². The van der Waals surface area contributed by atoms with Crippen LogP contribution < -0.4 is 5.32 Å². The van der Waals surface area contributed by atoms with Crippen LogP contribution in [0.5, 0.6) is 0 Å². The van der Waals surface area contributed by atoms with E-state index in [0.717, 1.165) is 22.2 Å². The van der Waals surface area contributed by atoms with Crippen molar-refractivity contribution in [3.8, 4) is 0 Å². The second kappa shape index (κ2) is 5.02. The molecule has 0 fully saturated rings. The Morgan fingerprint density at radius 2 is 2.05 bits per heavy atom. The standard InChI is InChI=1S/C16H13ClN2O/c1-10-5-6-11(17)9-15(10)19-16(20)13-3-2-4-14-12(13)7-8-18-14/h2-9,18H,1H3,(H,19,20). The van der Waals surface area contributed by atoms with Gasteiger partial charge in [-0.25, -0.2) is 0 Å². The summed E-state index contributed by atoms with van der Waals surface area (Å²) in [5.41, 5.74) is 3.29. The van der Waals surface area contributed by atoms with E-state index < -0.39 is 0 Å². The van der Waals surface area contributed by atoms with Crippen molar-refractivity contribution >= 4 is 34.1 Å². The number of nitrogens with one attached hydrogen (secondary N) is 2. The van der Waals surface area contributed by atoms with E-state index in [0.29, 0.717) is 10.6 Å². The molecule has 0 aliphatic rings. The molecule has 0 bridgehead atoms. The van der Waals surface area contributed by atoms with E-state index in [1.54, 1.807) is 12.1 Å². The quantitative estimate of drug-likeness (QED) is 0.720. The molecule has 1 aromatic heterocycles. The molecule has 0 saturated heterocycles. The number of H-pyrrole nitrogens is 1. The van der Waals surface area contributed by atoms with Gasteiger partial charge in [0.1, 0.15) is 0 Å². The average Bonchev–Trinajstić information content (AvgIpc) is 2.91. The number of aromatic amines is 1. The Kier molecular flexibility index (Phi) is 3.20. The highest BCUT2D eigenvalue weighted by atomic mass is 35.5. The fraction of sp³-hybridized carbons (Fsp3) is 0.0625. The molecular formula is C16H13ClN2O. The predicted molar refractivity (Wildman–Crippen MR) is 82.4 cm³/mol. The Morgan fingerprint density at radius 1 is 1.20 bits per heavy atom. The van der Waals surface area contributed by atoms with E-state index in [1.165, 1.54) is 0 Å². The van der Waals surface area contributed by atoms with Crippen molar-refractivity contribution in [2.45, 2.75) is 6.92 Å². The Hall–Kier alpha value is -2.26. The number of carbonyl (C=O) groups is 1. The van der Waals surface area contributed by atoms with Gasteiger partial charge in [0, 0.05) is 33.4 Å². The van der Waals surface area contributed by atoms with Crippen LogP contribution in [0.1, 0.15) is 15.9 Å². The molecule has 0 aliphatic heterocycles. The van der Waals surface area contributed by atoms with Crippen LogP contribution in [-0.2, 0) is 0 Å². The van der Waals surface area contributed by atoms with Gasteiger partial charge in [0.25, 0.3) is 5.91 Å². The van der Waals surface area contributed by atoms with Gasteiger partial charge in [-0.3, -0.25) is 4.79 Å². The molecule has 2 N–H and O–H groups in total. The molecule has 2 aromatic carbocycles. The normalized spacial score (nSPS) is 10.7. The summed E-state index contributed by atoms with van der Waals surface area (Å²) in [5.74, 6) is -0.138. The molecule has 0 saturated carbocycles. The molecule has 4 heteroatoms. The maximum absolute atomic E-state index is 12.4. The summed E-state index contributed by atoms with van der Waals surface area (Å²) in [4.78, 5) is 15.5. The van der Waals surface area contributed by atoms with Crippen LogP contribution in [0.2, 0.25) is 5.02 Å². The smallest absolute Gasteiger partial charge is 0.256 e. The first-order valence-corrected chi connectivity index (χ1v) is 6.66. The van der Waals surface area contributed by atoms with Gasteiger partial charge in [-0.15, -0.1) is 0 Å². The zero-order valence-electron chi connectivity index (χ0n) is 10.9. The molecule has 0 spiro atoms. The largest absolute Gasteiger partial charge is 0.361 e. The number of hydrogen-bond donors (Lipinski definition) is 2. The van der Waals surface area contributed by atoms with Gasteiger partial charge in [0.2, 0.25) is 0 Å². The first-order valence-electron chi connectivity index (χ1n) is 6.29. The highest BCUT2D eigenvalue weighted by Gasteiger charge is 2.11. The minimum atomic E-state index is -0.138. The summed E-state index contributed by atoms with van der Waals surface area (Å²) >= 11 is 5.97. The van der Waals surface area contributed by atoms with Crippen LogP contribution in [0.15, 0.2) is 48.7 Å². The molecule has 3 nitrogen and oxygen atoms in total. The van der Waals surface area contributed by atoms with Crippen molar-refractivity contribution < 1.29 is 4.79 Å². The first kappa shape index (κ1) is 12.8. The van der Waals surface area contributed by atoms with E-state index in [1.807, 2.05) is 43.5 Å². The highest BCUT2D eigenvalue weighted by molar-refractivity contribution is 6.31. The Bertz CT molecular complexity index is 792. The average molecular weight is 285 g/mol. The number of aromatic nitrogens is 1. The van der Waals surface area contributed by atoms with Gasteiger partial charge in [0.15, 0.2) is 0 Å². The van der Waals surface area contributed by atoms with E-state index in [4.69, 9.17) is 11.6 Å². The molecule has 100 valence electrons. The van der Waals surface area contributed by atoms with Crippen LogP contribution in [0.3, 0.4) is 0 Å². The van der Waals surface area contributed by atoms with Crippen molar-refractivity contribution in [3.63, 3.8) is 0 Å². The third-order valence-electron chi connectivity index (χ3n) is 3.29. The summed E-state index contributed by atoms with van der Waals surface area (Å²) in [7, 11) is 0. The predicted octanol–water partition coefficient (Wildman–Crippen LogP) is 4.38. The molecule has 0 unspecified atom stereocenters. The number of halogens is 1. The lowest BCUT2D eigenvalue weighted by atomic mass is 10.1. The molecule has 3 aromatic rings. The number of hydrogen-bond acceptors (Lipinski definition) is 1. The van der Waals surface area contributed by atoms with Crippen LogP contribution in [0.4, 0.5) is 5.69 Å². The second-order valence-corrected chi connectivity index (χ2v) is 5.09. The summed E-state index contributed by atoms with van der Waals surface area (Å²) in [5, 5.41) is 4.42. The SMILES string of the molecule is Cc1ccc(Cl)cc1NC(=O)c1cccc2[nH]ccc12. The zero-order valence-corrected chi connectivity index (χ0v) is 11.7. The number of benzene rings is 2. The van der Waals surface area contributed by atoms with Gasteiger partial charge in [-0.2, -0.15) is 0 Å². The molecule has 1 amide bonds. The maximum Gasteiger partial charge on any atom is 0.256 e. The van der Waals surface area contributed by atoms with E-state index in [9.17, 15) is 4.79 Å². The van der Waals surface area contributed by atoms with Crippen LogP contribution >= 0.6 is 11.6 Å². The van der Waals surface area contributed by atoms with Crippen molar-refractivity contribution in [2.75, 3.05) is 5.32 Å². The van der Waals surface area contributed by atoms with Gasteiger partial charge in [-0.1, -0.05) is 23.7 Å². The van der Waals surface area contributed by atoms with E-state index in [2.05, 4.69) is 10.3 Å². The maximum atomic E-state index is 12.4. The number of fused-ring (bicyclic) bond motifs is 1. The monoisotopic (exact) mass is 284 g/mol. The van der Waals surface area contributed by atoms with E-state index >= 15 is 0 Å². The van der Waals surface area contributed by atoms with Crippen molar-refractivity contribution in [2.24, 2.45) is 0 Å². The number of rotatable bonds is 2. The summed E-state index contributed by atoms with van der Waals surface area (Å²) in [6, 6.07) is 13.0. The molecular weight excluding hydrogens is 272 g/mol. The number of anilines is 1. The zero-order chi connectivity index (χ0) is 14.1. The highest BCUT2D eigenvalue weighted by Crippen LogP contribution is 2.23. The summed E-state index contributed by atoms with van der Waals surface area (Å²) in [6.45, 7) is 1.93. The van der Waals surface area contributed by atoms with Gasteiger partial charge >= 0.3 is 0 Å². The lowest BCUT2D eigenvalue weighted by Crippen LogP contribution is -2.13. The minimum Gasteiger partial charge on any atom is -0.361 e. The Balaban J connectivity index is 1.97. The number of aryl methyl sites for hydroxylation is 1. The fourth-order valence-electron chi connectivity index (χ4n) is 2.20. The fourth-order valence-corrected chi connectivity index (χ4v) is 2.37. The molecule has 3 rings (SSSR count). The van der Waals surface area contributed by atoms with Crippen molar-refractivity contribution in [3.05, 3.63) is 64.8 Å². The molecule has 0 aliphatic carbocycles. The van der Waals surface area contributed by atoms with Gasteiger partial charge < -0.3 is 10.3 Å². The topological polar surface area (TPSA) is 44.9 Å². The summed E-state index contributed by atoms with van der Waals surface area (Å²) in [6.07, 6.45) is 1.83. The first-order chi connectivity index (χ1) is 9.65. The van der Waals surface area contributed by atoms with Gasteiger partial charge in [-0.05, 0) is 42.8 Å². The second-order valence-electron chi connectivity index (χ2n) is 4.66. The number of amides is 1. The summed E-state index contributed by atoms with van der Waals surface area (Å²) < 4.78 is 0. The third-order valence-corrected chi connectivity index (χ3v) is 3.52. The molecule has 0 atom stereocenters. The Morgan fingerprint density at radius 3 is 2.90 bits per heavy atom.